The van der Waals surface area contributed by atoms with Crippen LogP contribution in [0.4, 0.5) is 0 Å². The number of nitrogens with two attached hydrogens (primary N) is 1. The van der Waals surface area contributed by atoms with Crippen molar-refractivity contribution in [3.63, 3.8) is 0 Å². The summed E-state index contributed by atoms with van der Waals surface area (Å²) in [5.74, 6) is 1.99. The molecular weight excluding hydrogens is 200 g/mol. The third-order valence-electron chi connectivity index (χ3n) is 4.19. The smallest absolute Gasteiger partial charge is 0.224 e. The topological polar surface area (TPSA) is 55.1 Å². The molecule has 2 fully saturated rings. The summed E-state index contributed by atoms with van der Waals surface area (Å²) in [5, 5.41) is 3.16. The summed E-state index contributed by atoms with van der Waals surface area (Å²) < 4.78 is 0. The molecule has 0 spiro atoms. The Bertz CT molecular complexity index is 263. The first-order valence-corrected chi connectivity index (χ1v) is 6.57. The maximum Gasteiger partial charge on any atom is 0.224 e. The van der Waals surface area contributed by atoms with Gasteiger partial charge in [-0.25, -0.2) is 0 Å². The van der Waals surface area contributed by atoms with Crippen LogP contribution < -0.4 is 11.1 Å². The van der Waals surface area contributed by atoms with Crippen molar-refractivity contribution in [2.45, 2.75) is 51.5 Å². The van der Waals surface area contributed by atoms with Gasteiger partial charge in [0.2, 0.25) is 5.91 Å². The molecule has 0 bridgehead atoms. The lowest BCUT2D eigenvalue weighted by atomic mass is 10.0. The number of carbonyl (C=O) groups is 1. The van der Waals surface area contributed by atoms with Gasteiger partial charge in [-0.1, -0.05) is 12.8 Å². The molecule has 2 aliphatic rings. The van der Waals surface area contributed by atoms with E-state index >= 15 is 0 Å². The van der Waals surface area contributed by atoms with Crippen LogP contribution in [0, 0.1) is 17.8 Å². The molecule has 0 aliphatic heterocycles. The number of hydrogen-bond donors (Lipinski definition) is 2. The quantitative estimate of drug-likeness (QED) is 0.763. The van der Waals surface area contributed by atoms with Gasteiger partial charge in [-0.2, -0.15) is 0 Å². The average molecular weight is 224 g/mol. The Kier molecular flexibility index (Phi) is 3.24. The van der Waals surface area contributed by atoms with E-state index in [1.807, 2.05) is 0 Å². The van der Waals surface area contributed by atoms with Gasteiger partial charge in [-0.15, -0.1) is 0 Å². The van der Waals surface area contributed by atoms with E-state index in [0.717, 1.165) is 6.42 Å². The highest BCUT2D eigenvalue weighted by Crippen LogP contribution is 2.55. The molecule has 0 heterocycles. The molecule has 0 aromatic heterocycles. The molecule has 0 saturated heterocycles. The van der Waals surface area contributed by atoms with Gasteiger partial charge >= 0.3 is 0 Å². The van der Waals surface area contributed by atoms with Crippen molar-refractivity contribution >= 4 is 5.91 Å². The number of nitrogens with one attached hydrogen (secondary N) is 1. The van der Waals surface area contributed by atoms with E-state index in [2.05, 4.69) is 19.2 Å². The maximum absolute atomic E-state index is 12.1. The van der Waals surface area contributed by atoms with Gasteiger partial charge < -0.3 is 11.1 Å². The molecule has 0 aromatic rings. The first-order chi connectivity index (χ1) is 7.55. The molecule has 3 nitrogen and oxygen atoms in total. The molecule has 3 N–H and O–H groups in total. The fourth-order valence-electron chi connectivity index (χ4n) is 3.22. The summed E-state index contributed by atoms with van der Waals surface area (Å²) in [5.41, 5.74) is 5.41. The van der Waals surface area contributed by atoms with Crippen LogP contribution in [0.15, 0.2) is 0 Å². The number of rotatable bonds is 4. The first-order valence-electron chi connectivity index (χ1n) is 6.57. The van der Waals surface area contributed by atoms with Crippen molar-refractivity contribution in [2.24, 2.45) is 23.5 Å². The third-order valence-corrected chi connectivity index (χ3v) is 4.19. The molecule has 2 rings (SSSR count). The summed E-state index contributed by atoms with van der Waals surface area (Å²) in [7, 11) is 0. The van der Waals surface area contributed by atoms with Crippen molar-refractivity contribution in [3.05, 3.63) is 0 Å². The second-order valence-electron chi connectivity index (χ2n) is 6.05. The van der Waals surface area contributed by atoms with E-state index < -0.39 is 0 Å². The van der Waals surface area contributed by atoms with Crippen molar-refractivity contribution in [3.8, 4) is 0 Å². The maximum atomic E-state index is 12.1. The Morgan fingerprint density at radius 3 is 2.38 bits per heavy atom. The summed E-state index contributed by atoms with van der Waals surface area (Å²) >= 11 is 0. The van der Waals surface area contributed by atoms with E-state index in [1.165, 1.54) is 25.7 Å². The minimum absolute atomic E-state index is 0.141. The monoisotopic (exact) mass is 224 g/mol. The summed E-state index contributed by atoms with van der Waals surface area (Å²) in [6.07, 6.45) is 6.01. The SMILES string of the molecule is CC(C)(CCN)NC(=O)C1C2CCCCC21. The summed E-state index contributed by atoms with van der Waals surface area (Å²) in [4.78, 5) is 12.1. The Morgan fingerprint density at radius 2 is 1.88 bits per heavy atom. The zero-order valence-corrected chi connectivity index (χ0v) is 10.5. The van der Waals surface area contributed by atoms with Gasteiger partial charge in [-0.05, 0) is 51.5 Å². The van der Waals surface area contributed by atoms with Crippen molar-refractivity contribution in [1.82, 2.24) is 5.32 Å². The van der Waals surface area contributed by atoms with Crippen molar-refractivity contribution < 1.29 is 4.79 Å². The lowest BCUT2D eigenvalue weighted by Gasteiger charge is -2.25. The van der Waals surface area contributed by atoms with Crippen LogP contribution in [-0.4, -0.2) is 18.0 Å². The number of amides is 1. The first kappa shape index (κ1) is 11.9. The summed E-state index contributed by atoms with van der Waals surface area (Å²) in [6.45, 7) is 4.75. The third kappa shape index (κ3) is 2.40. The van der Waals surface area contributed by atoms with E-state index in [4.69, 9.17) is 5.73 Å². The van der Waals surface area contributed by atoms with E-state index in [9.17, 15) is 4.79 Å². The van der Waals surface area contributed by atoms with Gasteiger partial charge in [0.05, 0.1) is 0 Å². The van der Waals surface area contributed by atoms with Crippen LogP contribution in [0.2, 0.25) is 0 Å². The predicted molar refractivity (Wildman–Crippen MR) is 64.8 cm³/mol. The average Bonchev–Trinajstić information content (AvgIpc) is 2.90. The van der Waals surface area contributed by atoms with Gasteiger partial charge in [0.15, 0.2) is 0 Å². The minimum atomic E-state index is -0.141. The van der Waals surface area contributed by atoms with E-state index in [1.54, 1.807) is 0 Å². The molecule has 0 aromatic carbocycles. The van der Waals surface area contributed by atoms with Gasteiger partial charge in [0, 0.05) is 11.5 Å². The Hall–Kier alpha value is -0.570. The number of hydrogen-bond acceptors (Lipinski definition) is 2. The van der Waals surface area contributed by atoms with Crippen LogP contribution in [0.5, 0.6) is 0 Å². The molecular formula is C13H24N2O. The van der Waals surface area contributed by atoms with Crippen LogP contribution in [0.25, 0.3) is 0 Å². The van der Waals surface area contributed by atoms with Gasteiger partial charge in [-0.3, -0.25) is 4.79 Å². The second-order valence-corrected chi connectivity index (χ2v) is 6.05. The molecule has 2 saturated carbocycles. The highest BCUT2D eigenvalue weighted by Gasteiger charge is 2.55. The fraction of sp³-hybridized carbons (Fsp3) is 0.923. The van der Waals surface area contributed by atoms with Crippen LogP contribution in [0.3, 0.4) is 0 Å². The van der Waals surface area contributed by atoms with Gasteiger partial charge in [0.1, 0.15) is 0 Å². The standard InChI is InChI=1S/C13H24N2O/c1-13(2,7-8-14)15-12(16)11-9-5-3-4-6-10(9)11/h9-11H,3-8,14H2,1-2H3,(H,15,16). The molecule has 2 unspecified atom stereocenters. The Balaban J connectivity index is 1.85. The van der Waals surface area contributed by atoms with Crippen LogP contribution >= 0.6 is 0 Å². The molecule has 2 atom stereocenters. The Morgan fingerprint density at radius 1 is 1.31 bits per heavy atom. The normalized spacial score (nSPS) is 33.1. The lowest BCUT2D eigenvalue weighted by Crippen LogP contribution is -2.45. The van der Waals surface area contributed by atoms with E-state index in [-0.39, 0.29) is 11.4 Å². The second kappa shape index (κ2) is 4.36. The van der Waals surface area contributed by atoms with Crippen LogP contribution in [-0.2, 0) is 4.79 Å². The van der Waals surface area contributed by atoms with Gasteiger partial charge in [0.25, 0.3) is 0 Å². The molecule has 2 aliphatic carbocycles. The molecule has 3 heteroatoms. The fourth-order valence-corrected chi connectivity index (χ4v) is 3.22. The van der Waals surface area contributed by atoms with Crippen molar-refractivity contribution in [2.75, 3.05) is 6.54 Å². The predicted octanol–water partition coefficient (Wildman–Crippen LogP) is 1.67. The summed E-state index contributed by atoms with van der Waals surface area (Å²) in [6, 6.07) is 0. The van der Waals surface area contributed by atoms with Crippen molar-refractivity contribution in [1.29, 1.82) is 0 Å². The zero-order chi connectivity index (χ0) is 11.8. The highest BCUT2D eigenvalue weighted by molar-refractivity contribution is 5.82. The number of fused-ring (bicyclic) bond motifs is 1. The molecule has 16 heavy (non-hydrogen) atoms. The lowest BCUT2D eigenvalue weighted by molar-refractivity contribution is -0.124. The molecule has 92 valence electrons. The molecule has 0 radical (unpaired) electrons. The largest absolute Gasteiger partial charge is 0.351 e. The zero-order valence-electron chi connectivity index (χ0n) is 10.5. The number of carbonyl (C=O) groups excluding carboxylic acids is 1. The highest BCUT2D eigenvalue weighted by atomic mass is 16.2. The molecule has 1 amide bonds. The van der Waals surface area contributed by atoms with E-state index in [0.29, 0.717) is 24.3 Å². The van der Waals surface area contributed by atoms with Crippen LogP contribution in [0.1, 0.15) is 46.0 Å². The minimum Gasteiger partial charge on any atom is -0.351 e. The Labute approximate surface area is 98.2 Å².